The molecule has 66 valence electrons. The Kier molecular flexibility index (Phi) is 2.91. The normalized spacial score (nSPS) is 12.5. The van der Waals surface area contributed by atoms with E-state index >= 15 is 0 Å². The summed E-state index contributed by atoms with van der Waals surface area (Å²) in [6.07, 6.45) is 1.61. The summed E-state index contributed by atoms with van der Waals surface area (Å²) in [7, 11) is 0. The Morgan fingerprint density at radius 1 is 1.75 bits per heavy atom. The number of carbonyl (C=O) groups is 1. The number of rotatable bonds is 3. The van der Waals surface area contributed by atoms with Gasteiger partial charge in [0.05, 0.1) is 6.26 Å². The van der Waals surface area contributed by atoms with E-state index in [1.54, 1.807) is 6.26 Å². The van der Waals surface area contributed by atoms with Gasteiger partial charge in [-0.3, -0.25) is 4.79 Å². The van der Waals surface area contributed by atoms with Crippen LogP contribution in [0.4, 0.5) is 0 Å². The summed E-state index contributed by atoms with van der Waals surface area (Å²) in [5.74, 6) is 0.716. The monoisotopic (exact) mass is 168 g/mol. The molecular formula is C9H12O3. The molecule has 0 aliphatic carbocycles. The first-order chi connectivity index (χ1) is 5.70. The molecular weight excluding hydrogens is 156 g/mol. The molecule has 1 aromatic heterocycles. The number of esters is 1. The van der Waals surface area contributed by atoms with Crippen LogP contribution >= 0.6 is 0 Å². The number of furan rings is 1. The van der Waals surface area contributed by atoms with Gasteiger partial charge in [0.2, 0.25) is 0 Å². The summed E-state index contributed by atoms with van der Waals surface area (Å²) < 4.78 is 9.96. The maximum absolute atomic E-state index is 10.5. The SMILES string of the molecule is CC(=O)OC[C@@H](C)c1ccco1. The smallest absolute Gasteiger partial charge is 0.302 e. The van der Waals surface area contributed by atoms with Gasteiger partial charge in [-0.15, -0.1) is 0 Å². The van der Waals surface area contributed by atoms with Crippen molar-refractivity contribution in [3.05, 3.63) is 24.2 Å². The van der Waals surface area contributed by atoms with Gasteiger partial charge < -0.3 is 9.15 Å². The largest absolute Gasteiger partial charge is 0.469 e. The fraction of sp³-hybridized carbons (Fsp3) is 0.444. The van der Waals surface area contributed by atoms with Gasteiger partial charge in [-0.05, 0) is 12.1 Å². The Labute approximate surface area is 71.3 Å². The predicted molar refractivity (Wildman–Crippen MR) is 43.8 cm³/mol. The van der Waals surface area contributed by atoms with E-state index in [4.69, 9.17) is 9.15 Å². The van der Waals surface area contributed by atoms with Crippen LogP contribution in [0.2, 0.25) is 0 Å². The van der Waals surface area contributed by atoms with Crippen molar-refractivity contribution in [3.8, 4) is 0 Å². The highest BCUT2D eigenvalue weighted by Crippen LogP contribution is 2.15. The zero-order chi connectivity index (χ0) is 8.97. The molecule has 1 rings (SSSR count). The van der Waals surface area contributed by atoms with Crippen LogP contribution < -0.4 is 0 Å². The summed E-state index contributed by atoms with van der Waals surface area (Å²) in [5, 5.41) is 0. The second kappa shape index (κ2) is 3.95. The predicted octanol–water partition coefficient (Wildman–Crippen LogP) is 1.95. The summed E-state index contributed by atoms with van der Waals surface area (Å²) in [6, 6.07) is 3.69. The van der Waals surface area contributed by atoms with Crippen molar-refractivity contribution in [2.75, 3.05) is 6.61 Å². The first kappa shape index (κ1) is 8.84. The van der Waals surface area contributed by atoms with Gasteiger partial charge >= 0.3 is 5.97 Å². The van der Waals surface area contributed by atoms with E-state index in [0.29, 0.717) is 6.61 Å². The van der Waals surface area contributed by atoms with Crippen LogP contribution in [0.1, 0.15) is 25.5 Å². The molecule has 0 saturated heterocycles. The highest BCUT2D eigenvalue weighted by atomic mass is 16.5. The van der Waals surface area contributed by atoms with Crippen LogP contribution in [-0.4, -0.2) is 12.6 Å². The molecule has 1 atom stereocenters. The zero-order valence-corrected chi connectivity index (χ0v) is 7.24. The second-order valence-electron chi connectivity index (χ2n) is 2.72. The number of hydrogen-bond acceptors (Lipinski definition) is 3. The Balaban J connectivity index is 2.39. The minimum atomic E-state index is -0.256. The van der Waals surface area contributed by atoms with E-state index in [-0.39, 0.29) is 11.9 Å². The molecule has 0 N–H and O–H groups in total. The molecule has 12 heavy (non-hydrogen) atoms. The lowest BCUT2D eigenvalue weighted by Gasteiger charge is -2.07. The molecule has 0 aliphatic heterocycles. The first-order valence-electron chi connectivity index (χ1n) is 3.87. The first-order valence-corrected chi connectivity index (χ1v) is 3.87. The van der Waals surface area contributed by atoms with Crippen LogP contribution in [0.15, 0.2) is 22.8 Å². The van der Waals surface area contributed by atoms with Gasteiger partial charge in [0, 0.05) is 12.8 Å². The van der Waals surface area contributed by atoms with Crippen molar-refractivity contribution in [1.29, 1.82) is 0 Å². The summed E-state index contributed by atoms with van der Waals surface area (Å²) in [4.78, 5) is 10.5. The highest BCUT2D eigenvalue weighted by molar-refractivity contribution is 5.65. The molecule has 0 aromatic carbocycles. The average Bonchev–Trinajstić information content (AvgIpc) is 2.51. The molecule has 3 heteroatoms. The van der Waals surface area contributed by atoms with E-state index in [1.807, 2.05) is 19.1 Å². The molecule has 0 bridgehead atoms. The van der Waals surface area contributed by atoms with E-state index < -0.39 is 0 Å². The molecule has 0 saturated carbocycles. The maximum atomic E-state index is 10.5. The summed E-state index contributed by atoms with van der Waals surface area (Å²) in [6.45, 7) is 3.72. The van der Waals surface area contributed by atoms with Crippen molar-refractivity contribution in [2.45, 2.75) is 19.8 Å². The second-order valence-corrected chi connectivity index (χ2v) is 2.72. The van der Waals surface area contributed by atoms with Gasteiger partial charge in [0.1, 0.15) is 12.4 Å². The molecule has 0 spiro atoms. The van der Waals surface area contributed by atoms with Crippen molar-refractivity contribution >= 4 is 5.97 Å². The fourth-order valence-electron chi connectivity index (χ4n) is 0.896. The van der Waals surface area contributed by atoms with E-state index in [9.17, 15) is 4.79 Å². The van der Waals surface area contributed by atoms with Crippen LogP contribution in [0.25, 0.3) is 0 Å². The summed E-state index contributed by atoms with van der Waals surface area (Å²) >= 11 is 0. The summed E-state index contributed by atoms with van der Waals surface area (Å²) in [5.41, 5.74) is 0. The number of hydrogen-bond donors (Lipinski definition) is 0. The fourth-order valence-corrected chi connectivity index (χ4v) is 0.896. The van der Waals surface area contributed by atoms with E-state index in [0.717, 1.165) is 5.76 Å². The molecule has 0 unspecified atom stereocenters. The quantitative estimate of drug-likeness (QED) is 0.647. The zero-order valence-electron chi connectivity index (χ0n) is 7.24. The van der Waals surface area contributed by atoms with Crippen LogP contribution in [0, 0.1) is 0 Å². The van der Waals surface area contributed by atoms with Gasteiger partial charge in [-0.2, -0.15) is 0 Å². The minimum Gasteiger partial charge on any atom is -0.469 e. The van der Waals surface area contributed by atoms with Crippen molar-refractivity contribution < 1.29 is 13.9 Å². The van der Waals surface area contributed by atoms with Crippen LogP contribution in [-0.2, 0) is 9.53 Å². The lowest BCUT2D eigenvalue weighted by Crippen LogP contribution is -2.06. The van der Waals surface area contributed by atoms with Gasteiger partial charge in [-0.25, -0.2) is 0 Å². The minimum absolute atomic E-state index is 0.129. The molecule has 0 radical (unpaired) electrons. The van der Waals surface area contributed by atoms with E-state index in [1.165, 1.54) is 6.92 Å². The maximum Gasteiger partial charge on any atom is 0.302 e. The third-order valence-electron chi connectivity index (χ3n) is 1.57. The van der Waals surface area contributed by atoms with Crippen LogP contribution in [0.5, 0.6) is 0 Å². The van der Waals surface area contributed by atoms with Gasteiger partial charge in [-0.1, -0.05) is 6.92 Å². The Hall–Kier alpha value is -1.25. The Morgan fingerprint density at radius 2 is 2.50 bits per heavy atom. The molecule has 0 aliphatic rings. The Bertz CT molecular complexity index is 238. The third kappa shape index (κ3) is 2.42. The lowest BCUT2D eigenvalue weighted by atomic mass is 10.1. The van der Waals surface area contributed by atoms with E-state index in [2.05, 4.69) is 0 Å². The molecule has 0 fully saturated rings. The molecule has 3 nitrogen and oxygen atoms in total. The lowest BCUT2D eigenvalue weighted by molar-refractivity contribution is -0.141. The van der Waals surface area contributed by atoms with Crippen LogP contribution in [0.3, 0.4) is 0 Å². The molecule has 1 heterocycles. The van der Waals surface area contributed by atoms with Crippen molar-refractivity contribution in [3.63, 3.8) is 0 Å². The number of carbonyl (C=O) groups excluding carboxylic acids is 1. The highest BCUT2D eigenvalue weighted by Gasteiger charge is 2.09. The van der Waals surface area contributed by atoms with Crippen molar-refractivity contribution in [2.24, 2.45) is 0 Å². The van der Waals surface area contributed by atoms with Gasteiger partial charge in [0.15, 0.2) is 0 Å². The number of ether oxygens (including phenoxy) is 1. The standard InChI is InChI=1S/C9H12O3/c1-7(6-12-8(2)10)9-4-3-5-11-9/h3-5,7H,6H2,1-2H3/t7-/m1/s1. The molecule has 1 aromatic rings. The average molecular weight is 168 g/mol. The topological polar surface area (TPSA) is 39.4 Å². The third-order valence-corrected chi connectivity index (χ3v) is 1.57. The van der Waals surface area contributed by atoms with Crippen molar-refractivity contribution in [1.82, 2.24) is 0 Å². The molecule has 0 amide bonds. The van der Waals surface area contributed by atoms with Gasteiger partial charge in [0.25, 0.3) is 0 Å². The Morgan fingerprint density at radius 3 is 3.00 bits per heavy atom.